The maximum atomic E-state index is 14.6. The minimum absolute atomic E-state index is 0.0341. The van der Waals surface area contributed by atoms with E-state index in [0.29, 0.717) is 18.3 Å². The van der Waals surface area contributed by atoms with Crippen LogP contribution < -0.4 is 16.5 Å². The fourth-order valence-electron chi connectivity index (χ4n) is 4.11. The van der Waals surface area contributed by atoms with E-state index in [2.05, 4.69) is 10.2 Å². The van der Waals surface area contributed by atoms with Crippen LogP contribution in [0.1, 0.15) is 25.7 Å². The van der Waals surface area contributed by atoms with Crippen LogP contribution in [0.25, 0.3) is 22.3 Å². The molecule has 6 nitrogen and oxygen atoms in total. The fraction of sp³-hybridized carbons (Fsp3) is 0.400. The molecule has 1 fully saturated rings. The van der Waals surface area contributed by atoms with Crippen LogP contribution in [0.15, 0.2) is 39.5 Å². The van der Waals surface area contributed by atoms with Gasteiger partial charge in [-0.25, -0.2) is 13.2 Å². The summed E-state index contributed by atoms with van der Waals surface area (Å²) in [4.78, 5) is 14.8. The average molecular weight is 476 g/mol. The maximum Gasteiger partial charge on any atom is 0.195 e. The first-order valence-electron chi connectivity index (χ1n) is 11.5. The molecule has 0 aliphatic carbocycles. The first-order chi connectivity index (χ1) is 16.4. The number of nitrogens with one attached hydrogen (secondary N) is 1. The number of anilines is 2. The molecule has 2 heterocycles. The molecule has 2 aromatic carbocycles. The standard InChI is InChI=1S/C25H28F3N3O3/c26-17-13-16(22-15-21(32)23-24(29)18(27)14-19(28)25(23)34-22)5-6-20(17)30-7-3-1-2-4-8-31-9-11-33-12-10-31/h5-6,13-15,30H,1-4,7-12,29H2. The van der Waals surface area contributed by atoms with Crippen molar-refractivity contribution in [1.82, 2.24) is 4.90 Å². The predicted octanol–water partition coefficient (Wildman–Crippen LogP) is 4.76. The van der Waals surface area contributed by atoms with Crippen LogP contribution in [0.3, 0.4) is 0 Å². The zero-order chi connectivity index (χ0) is 24.1. The van der Waals surface area contributed by atoms with Crippen LogP contribution in [0.2, 0.25) is 0 Å². The number of ether oxygens (including phenoxy) is 1. The van der Waals surface area contributed by atoms with E-state index in [0.717, 1.165) is 64.6 Å². The molecule has 1 saturated heterocycles. The average Bonchev–Trinajstić information content (AvgIpc) is 2.83. The second kappa shape index (κ2) is 10.9. The summed E-state index contributed by atoms with van der Waals surface area (Å²) in [6, 6.07) is 5.93. The van der Waals surface area contributed by atoms with Crippen LogP contribution in [-0.2, 0) is 4.74 Å². The third-order valence-corrected chi connectivity index (χ3v) is 6.02. The smallest absolute Gasteiger partial charge is 0.195 e. The lowest BCUT2D eigenvalue weighted by Gasteiger charge is -2.26. The van der Waals surface area contributed by atoms with Gasteiger partial charge >= 0.3 is 0 Å². The molecule has 0 bridgehead atoms. The normalized spacial score (nSPS) is 14.6. The van der Waals surface area contributed by atoms with Crippen molar-refractivity contribution in [1.29, 1.82) is 0 Å². The number of morpholine rings is 1. The summed E-state index contributed by atoms with van der Waals surface area (Å²) >= 11 is 0. The molecule has 0 amide bonds. The highest BCUT2D eigenvalue weighted by Crippen LogP contribution is 2.30. The summed E-state index contributed by atoms with van der Waals surface area (Å²) in [5, 5.41) is 2.71. The van der Waals surface area contributed by atoms with E-state index >= 15 is 0 Å². The summed E-state index contributed by atoms with van der Waals surface area (Å²) in [7, 11) is 0. The molecule has 182 valence electrons. The van der Waals surface area contributed by atoms with Gasteiger partial charge in [0.2, 0.25) is 0 Å². The van der Waals surface area contributed by atoms with Crippen molar-refractivity contribution in [3.8, 4) is 11.3 Å². The highest BCUT2D eigenvalue weighted by molar-refractivity contribution is 5.90. The molecule has 0 atom stereocenters. The van der Waals surface area contributed by atoms with Gasteiger partial charge in [0.1, 0.15) is 17.4 Å². The molecule has 1 aromatic heterocycles. The Hall–Kier alpha value is -3.04. The summed E-state index contributed by atoms with van der Waals surface area (Å²) in [5.41, 5.74) is 4.50. The number of fused-ring (bicyclic) bond motifs is 1. The van der Waals surface area contributed by atoms with Gasteiger partial charge < -0.3 is 20.2 Å². The summed E-state index contributed by atoms with van der Waals surface area (Å²) in [5.74, 6) is -2.65. The molecule has 3 N–H and O–H groups in total. The van der Waals surface area contributed by atoms with Gasteiger partial charge in [0.15, 0.2) is 16.8 Å². The molecule has 9 heteroatoms. The van der Waals surface area contributed by atoms with Crippen molar-refractivity contribution >= 4 is 22.3 Å². The lowest BCUT2D eigenvalue weighted by Crippen LogP contribution is -2.36. The number of hydrogen-bond acceptors (Lipinski definition) is 6. The third kappa shape index (κ3) is 5.53. The molecule has 1 aliphatic rings. The van der Waals surface area contributed by atoms with Crippen LogP contribution in [0.5, 0.6) is 0 Å². The summed E-state index contributed by atoms with van der Waals surface area (Å²) in [6.45, 7) is 5.35. The number of unbranched alkanes of at least 4 members (excludes halogenated alkanes) is 3. The van der Waals surface area contributed by atoms with Gasteiger partial charge in [0.05, 0.1) is 30.0 Å². The molecule has 0 spiro atoms. The highest BCUT2D eigenvalue weighted by atomic mass is 19.1. The Morgan fingerprint density at radius 3 is 2.47 bits per heavy atom. The molecule has 34 heavy (non-hydrogen) atoms. The third-order valence-electron chi connectivity index (χ3n) is 6.02. The van der Waals surface area contributed by atoms with E-state index in [1.54, 1.807) is 12.1 Å². The number of nitrogens with zero attached hydrogens (tertiary/aromatic N) is 1. The summed E-state index contributed by atoms with van der Waals surface area (Å²) in [6.07, 6.45) is 4.22. The first-order valence-corrected chi connectivity index (χ1v) is 11.5. The van der Waals surface area contributed by atoms with Crippen molar-refractivity contribution < 1.29 is 22.3 Å². The molecule has 4 rings (SSSR count). The van der Waals surface area contributed by atoms with Gasteiger partial charge in [-0.3, -0.25) is 9.69 Å². The first kappa shape index (κ1) is 24.1. The van der Waals surface area contributed by atoms with Crippen molar-refractivity contribution in [2.24, 2.45) is 0 Å². The Kier molecular flexibility index (Phi) is 7.74. The highest BCUT2D eigenvalue weighted by Gasteiger charge is 2.18. The van der Waals surface area contributed by atoms with E-state index in [-0.39, 0.29) is 16.7 Å². The van der Waals surface area contributed by atoms with Gasteiger partial charge in [-0.15, -0.1) is 0 Å². The van der Waals surface area contributed by atoms with E-state index in [1.165, 1.54) is 6.07 Å². The van der Waals surface area contributed by atoms with Gasteiger partial charge in [-0.05, 0) is 37.6 Å². The number of rotatable bonds is 9. The number of halogens is 3. The Bertz CT molecular complexity index is 1210. The quantitative estimate of drug-likeness (QED) is 0.343. The zero-order valence-corrected chi connectivity index (χ0v) is 18.8. The minimum Gasteiger partial charge on any atom is -0.453 e. The van der Waals surface area contributed by atoms with Crippen LogP contribution >= 0.6 is 0 Å². The fourth-order valence-corrected chi connectivity index (χ4v) is 4.11. The number of nitrogen functional groups attached to an aromatic ring is 1. The van der Waals surface area contributed by atoms with Crippen molar-refractivity contribution in [3.05, 3.63) is 58.0 Å². The SMILES string of the molecule is Nc1c(F)cc(F)c2oc(-c3ccc(NCCCCCCN4CCOCC4)c(F)c3)cc(=O)c12. The zero-order valence-electron chi connectivity index (χ0n) is 18.8. The molecule has 0 radical (unpaired) electrons. The van der Waals surface area contributed by atoms with Crippen LogP contribution in [0.4, 0.5) is 24.5 Å². The molecular weight excluding hydrogens is 447 g/mol. The predicted molar refractivity (Wildman–Crippen MR) is 126 cm³/mol. The van der Waals surface area contributed by atoms with E-state index in [4.69, 9.17) is 14.9 Å². The van der Waals surface area contributed by atoms with Gasteiger partial charge in [-0.2, -0.15) is 0 Å². The Morgan fingerprint density at radius 2 is 1.71 bits per heavy atom. The molecule has 1 aliphatic heterocycles. The van der Waals surface area contributed by atoms with E-state index < -0.39 is 34.2 Å². The van der Waals surface area contributed by atoms with Crippen molar-refractivity contribution in [2.75, 3.05) is 50.4 Å². The molecular formula is C25H28F3N3O3. The lowest BCUT2D eigenvalue weighted by molar-refractivity contribution is 0.0371. The Morgan fingerprint density at radius 1 is 0.941 bits per heavy atom. The Balaban J connectivity index is 1.33. The van der Waals surface area contributed by atoms with Crippen molar-refractivity contribution in [2.45, 2.75) is 25.7 Å². The molecule has 3 aromatic rings. The van der Waals surface area contributed by atoms with Crippen LogP contribution in [-0.4, -0.2) is 44.3 Å². The number of hydrogen-bond donors (Lipinski definition) is 2. The monoisotopic (exact) mass is 475 g/mol. The second-order valence-electron chi connectivity index (χ2n) is 8.42. The number of nitrogens with two attached hydrogens (primary N) is 1. The lowest BCUT2D eigenvalue weighted by atomic mass is 10.1. The molecule has 0 unspecified atom stereocenters. The second-order valence-corrected chi connectivity index (χ2v) is 8.42. The summed E-state index contributed by atoms with van der Waals surface area (Å²) < 4.78 is 53.3. The topological polar surface area (TPSA) is 80.7 Å². The van der Waals surface area contributed by atoms with Crippen molar-refractivity contribution in [3.63, 3.8) is 0 Å². The Labute approximate surface area is 195 Å². The number of benzene rings is 2. The minimum atomic E-state index is -1.05. The van der Waals surface area contributed by atoms with Gasteiger partial charge in [0.25, 0.3) is 0 Å². The molecule has 0 saturated carbocycles. The largest absolute Gasteiger partial charge is 0.453 e. The van der Waals surface area contributed by atoms with Gasteiger partial charge in [-0.1, -0.05) is 12.8 Å². The van der Waals surface area contributed by atoms with E-state index in [9.17, 15) is 18.0 Å². The van der Waals surface area contributed by atoms with Crippen LogP contribution in [0, 0.1) is 17.5 Å². The van der Waals surface area contributed by atoms with E-state index in [1.807, 2.05) is 0 Å². The van der Waals surface area contributed by atoms with Gasteiger partial charge in [0, 0.05) is 37.3 Å². The maximum absolute atomic E-state index is 14.6.